The third-order valence-corrected chi connectivity index (χ3v) is 2.86. The molecule has 0 radical (unpaired) electrons. The molecule has 0 fully saturated rings. The van der Waals surface area contributed by atoms with Crippen LogP contribution in [0.3, 0.4) is 0 Å². The van der Waals surface area contributed by atoms with E-state index in [9.17, 15) is 0 Å². The second kappa shape index (κ2) is 6.84. The Balaban J connectivity index is 2.32. The molecule has 20 heavy (non-hydrogen) atoms. The fourth-order valence-electron chi connectivity index (χ4n) is 1.90. The molecule has 0 spiro atoms. The van der Waals surface area contributed by atoms with E-state index in [1.165, 1.54) is 5.56 Å². The van der Waals surface area contributed by atoms with Gasteiger partial charge in [-0.15, -0.1) is 0 Å². The van der Waals surface area contributed by atoms with Crippen LogP contribution in [0.2, 0.25) is 0 Å². The van der Waals surface area contributed by atoms with Crippen LogP contribution in [0.5, 0.6) is 6.01 Å². The molecule has 2 aromatic rings. The number of aryl methyl sites for hydroxylation is 1. The maximum absolute atomic E-state index is 5.37. The number of anilines is 1. The summed E-state index contributed by atoms with van der Waals surface area (Å²) in [5.41, 5.74) is 2.29. The minimum atomic E-state index is 0.347. The summed E-state index contributed by atoms with van der Waals surface area (Å²) in [6, 6.07) is 8.65. The van der Waals surface area contributed by atoms with E-state index >= 15 is 0 Å². The Bertz CT molecular complexity index is 554. The van der Waals surface area contributed by atoms with Gasteiger partial charge < -0.3 is 10.1 Å². The van der Waals surface area contributed by atoms with Crippen LogP contribution >= 0.6 is 0 Å². The summed E-state index contributed by atoms with van der Waals surface area (Å²) in [6.45, 7) is 4.61. The number of nitrogens with zero attached hydrogens (tertiary/aromatic N) is 3. The van der Waals surface area contributed by atoms with Gasteiger partial charge in [0.2, 0.25) is 5.95 Å². The molecule has 0 saturated carbocycles. The summed E-state index contributed by atoms with van der Waals surface area (Å²) in [5.74, 6) is 1.13. The predicted octanol–water partition coefficient (Wildman–Crippen LogP) is 2.93. The second-order valence-electron chi connectivity index (χ2n) is 4.40. The number of hydrogen-bond acceptors (Lipinski definition) is 5. The van der Waals surface area contributed by atoms with E-state index in [-0.39, 0.29) is 0 Å². The van der Waals surface area contributed by atoms with Crippen LogP contribution in [0.4, 0.5) is 5.95 Å². The summed E-state index contributed by atoms with van der Waals surface area (Å²) in [6.07, 6.45) is 2.23. The first-order chi connectivity index (χ1) is 9.76. The van der Waals surface area contributed by atoms with Gasteiger partial charge in [0.05, 0.1) is 6.61 Å². The highest BCUT2D eigenvalue weighted by Gasteiger charge is 2.08. The highest BCUT2D eigenvalue weighted by atomic mass is 16.5. The van der Waals surface area contributed by atoms with Crippen LogP contribution in [-0.4, -0.2) is 28.6 Å². The lowest BCUT2D eigenvalue weighted by Crippen LogP contribution is -2.05. The lowest BCUT2D eigenvalue weighted by Gasteiger charge is -2.07. The molecule has 0 aliphatic rings. The lowest BCUT2D eigenvalue weighted by atomic mass is 10.1. The molecular formula is C15H20N4O. The minimum absolute atomic E-state index is 0.347. The van der Waals surface area contributed by atoms with Crippen molar-refractivity contribution in [1.29, 1.82) is 0 Å². The van der Waals surface area contributed by atoms with Gasteiger partial charge in [-0.3, -0.25) is 0 Å². The monoisotopic (exact) mass is 272 g/mol. The van der Waals surface area contributed by atoms with Gasteiger partial charge in [0.15, 0.2) is 5.82 Å². The largest absolute Gasteiger partial charge is 0.464 e. The number of rotatable bonds is 6. The number of hydrogen-bond donors (Lipinski definition) is 1. The zero-order valence-electron chi connectivity index (χ0n) is 12.2. The Morgan fingerprint density at radius 3 is 2.40 bits per heavy atom. The molecule has 0 unspecified atom stereocenters. The molecule has 0 atom stereocenters. The van der Waals surface area contributed by atoms with Crippen LogP contribution in [0.1, 0.15) is 25.8 Å². The van der Waals surface area contributed by atoms with Gasteiger partial charge in [-0.05, 0) is 18.9 Å². The summed E-state index contributed by atoms with van der Waals surface area (Å²) in [7, 11) is 1.78. The first kappa shape index (κ1) is 14.2. The third kappa shape index (κ3) is 3.44. The topological polar surface area (TPSA) is 59.9 Å². The number of aromatic nitrogens is 3. The minimum Gasteiger partial charge on any atom is -0.464 e. The van der Waals surface area contributed by atoms with Gasteiger partial charge in [-0.1, -0.05) is 37.6 Å². The average Bonchev–Trinajstić information content (AvgIpc) is 2.48. The van der Waals surface area contributed by atoms with Crippen molar-refractivity contribution in [1.82, 2.24) is 15.0 Å². The van der Waals surface area contributed by atoms with Crippen LogP contribution < -0.4 is 10.1 Å². The first-order valence-electron chi connectivity index (χ1n) is 6.92. The van der Waals surface area contributed by atoms with Crippen molar-refractivity contribution in [3.05, 3.63) is 29.8 Å². The molecule has 1 heterocycles. The van der Waals surface area contributed by atoms with Gasteiger partial charge >= 0.3 is 6.01 Å². The number of benzene rings is 1. The fraction of sp³-hybridized carbons (Fsp3) is 0.400. The van der Waals surface area contributed by atoms with E-state index in [1.807, 2.05) is 19.1 Å². The Hall–Kier alpha value is -2.17. The molecular weight excluding hydrogens is 252 g/mol. The Morgan fingerprint density at radius 2 is 1.80 bits per heavy atom. The maximum Gasteiger partial charge on any atom is 0.321 e. The molecule has 106 valence electrons. The predicted molar refractivity (Wildman–Crippen MR) is 80.0 cm³/mol. The van der Waals surface area contributed by atoms with Crippen molar-refractivity contribution in [3.63, 3.8) is 0 Å². The normalized spacial score (nSPS) is 10.3. The van der Waals surface area contributed by atoms with Crippen molar-refractivity contribution >= 4 is 5.95 Å². The standard InChI is InChI=1S/C15H20N4O/c1-4-6-11-7-9-12(10-8-11)13-17-14(16-3)19-15(18-13)20-5-2/h7-10H,4-6H2,1-3H3,(H,16,17,18,19). The van der Waals surface area contributed by atoms with Crippen molar-refractivity contribution in [3.8, 4) is 17.4 Å². The summed E-state index contributed by atoms with van der Waals surface area (Å²) in [4.78, 5) is 12.9. The molecule has 2 rings (SSSR count). The van der Waals surface area contributed by atoms with E-state index in [0.717, 1.165) is 18.4 Å². The van der Waals surface area contributed by atoms with Gasteiger partial charge in [-0.25, -0.2) is 0 Å². The molecule has 0 bridgehead atoms. The van der Waals surface area contributed by atoms with Crippen molar-refractivity contribution in [2.45, 2.75) is 26.7 Å². The zero-order chi connectivity index (χ0) is 14.4. The maximum atomic E-state index is 5.37. The fourth-order valence-corrected chi connectivity index (χ4v) is 1.90. The summed E-state index contributed by atoms with van der Waals surface area (Å²) < 4.78 is 5.37. The first-order valence-corrected chi connectivity index (χ1v) is 6.92. The molecule has 5 nitrogen and oxygen atoms in total. The van der Waals surface area contributed by atoms with E-state index < -0.39 is 0 Å². The van der Waals surface area contributed by atoms with Gasteiger partial charge in [0.25, 0.3) is 0 Å². The highest BCUT2D eigenvalue weighted by molar-refractivity contribution is 5.57. The Labute approximate surface area is 119 Å². The van der Waals surface area contributed by atoms with Crippen LogP contribution in [0, 0.1) is 0 Å². The van der Waals surface area contributed by atoms with E-state index in [0.29, 0.717) is 24.4 Å². The van der Waals surface area contributed by atoms with Gasteiger partial charge in [-0.2, -0.15) is 15.0 Å². The molecule has 0 aliphatic heterocycles. The molecule has 0 aliphatic carbocycles. The van der Waals surface area contributed by atoms with Crippen LogP contribution in [0.15, 0.2) is 24.3 Å². The van der Waals surface area contributed by atoms with Crippen molar-refractivity contribution < 1.29 is 4.74 Å². The molecule has 1 aromatic heterocycles. The smallest absolute Gasteiger partial charge is 0.321 e. The summed E-state index contributed by atoms with van der Waals surface area (Å²) >= 11 is 0. The number of ether oxygens (including phenoxy) is 1. The highest BCUT2D eigenvalue weighted by Crippen LogP contribution is 2.19. The molecule has 1 aromatic carbocycles. The SMILES string of the molecule is CCCc1ccc(-c2nc(NC)nc(OCC)n2)cc1. The molecule has 1 N–H and O–H groups in total. The van der Waals surface area contributed by atoms with E-state index in [1.54, 1.807) is 7.05 Å². The van der Waals surface area contributed by atoms with E-state index in [4.69, 9.17) is 4.74 Å². The molecule has 0 amide bonds. The Morgan fingerprint density at radius 1 is 1.05 bits per heavy atom. The second-order valence-corrected chi connectivity index (χ2v) is 4.40. The molecule has 5 heteroatoms. The van der Waals surface area contributed by atoms with E-state index in [2.05, 4.69) is 39.3 Å². The number of nitrogens with one attached hydrogen (secondary N) is 1. The lowest BCUT2D eigenvalue weighted by molar-refractivity contribution is 0.312. The third-order valence-electron chi connectivity index (χ3n) is 2.86. The van der Waals surface area contributed by atoms with Gasteiger partial charge in [0, 0.05) is 12.6 Å². The van der Waals surface area contributed by atoms with Crippen molar-refractivity contribution in [2.24, 2.45) is 0 Å². The zero-order valence-corrected chi connectivity index (χ0v) is 12.2. The summed E-state index contributed by atoms with van der Waals surface area (Å²) in [5, 5.41) is 2.93. The molecule has 0 saturated heterocycles. The quantitative estimate of drug-likeness (QED) is 0.876. The van der Waals surface area contributed by atoms with Gasteiger partial charge in [0.1, 0.15) is 0 Å². The Kier molecular flexibility index (Phi) is 4.87. The average molecular weight is 272 g/mol. The van der Waals surface area contributed by atoms with Crippen molar-refractivity contribution in [2.75, 3.05) is 19.0 Å². The van der Waals surface area contributed by atoms with Crippen LogP contribution in [-0.2, 0) is 6.42 Å². The van der Waals surface area contributed by atoms with Crippen LogP contribution in [0.25, 0.3) is 11.4 Å².